The van der Waals surface area contributed by atoms with Crippen LogP contribution in [0.15, 0.2) is 30.3 Å². The lowest BCUT2D eigenvalue weighted by Crippen LogP contribution is -2.47. The van der Waals surface area contributed by atoms with Crippen molar-refractivity contribution in [1.29, 1.82) is 0 Å². The number of rotatable bonds is 8. The summed E-state index contributed by atoms with van der Waals surface area (Å²) >= 11 is 0. The predicted molar refractivity (Wildman–Crippen MR) is 123 cm³/mol. The van der Waals surface area contributed by atoms with Crippen molar-refractivity contribution in [3.63, 3.8) is 0 Å². The van der Waals surface area contributed by atoms with Gasteiger partial charge in [-0.2, -0.15) is 13.2 Å². The maximum absolute atomic E-state index is 15.4. The van der Waals surface area contributed by atoms with Crippen LogP contribution in [-0.4, -0.2) is 47.5 Å². The number of aromatic carboxylic acids is 1. The van der Waals surface area contributed by atoms with Crippen LogP contribution in [0.4, 0.5) is 32.0 Å². The van der Waals surface area contributed by atoms with E-state index >= 15 is 8.78 Å². The molecular weight excluding hydrogens is 486 g/mol. The fourth-order valence-electron chi connectivity index (χ4n) is 5.45. The fraction of sp³-hybridized carbons (Fsp3) is 0.500. The summed E-state index contributed by atoms with van der Waals surface area (Å²) < 4.78 is 83.6. The summed E-state index contributed by atoms with van der Waals surface area (Å²) in [5.74, 6) is -2.80. The lowest BCUT2D eigenvalue weighted by atomic mass is 9.77. The zero-order valence-electron chi connectivity index (χ0n) is 19.7. The molecule has 0 aromatic heterocycles. The highest BCUT2D eigenvalue weighted by Crippen LogP contribution is 2.43. The number of carboxylic acids is 1. The summed E-state index contributed by atoms with van der Waals surface area (Å²) in [6.07, 6.45) is -1.75. The number of carbonyl (C=O) groups is 1. The molecule has 1 heterocycles. The van der Waals surface area contributed by atoms with E-state index in [4.69, 9.17) is 0 Å². The average molecular weight is 515 g/mol. The van der Waals surface area contributed by atoms with Crippen molar-refractivity contribution < 1.29 is 36.2 Å². The average Bonchev–Trinajstić information content (AvgIpc) is 2.75. The monoisotopic (exact) mass is 514 g/mol. The molecule has 1 saturated carbocycles. The Morgan fingerprint density at radius 1 is 1.14 bits per heavy atom. The third kappa shape index (κ3) is 5.63. The molecule has 0 amide bonds. The molecule has 4 rings (SSSR count). The number of anilines is 1. The normalized spacial score (nSPS) is 24.2. The van der Waals surface area contributed by atoms with E-state index < -0.39 is 48.0 Å². The van der Waals surface area contributed by atoms with Crippen LogP contribution < -0.4 is 5.32 Å². The Morgan fingerprint density at radius 2 is 1.81 bits per heavy atom. The van der Waals surface area contributed by atoms with Crippen molar-refractivity contribution in [3.8, 4) is 0 Å². The summed E-state index contributed by atoms with van der Waals surface area (Å²) in [6, 6.07) is 3.97. The highest BCUT2D eigenvalue weighted by molar-refractivity contribution is 5.88. The van der Waals surface area contributed by atoms with Gasteiger partial charge < -0.3 is 10.4 Å². The molecule has 36 heavy (non-hydrogen) atoms. The molecule has 2 aromatic carbocycles. The van der Waals surface area contributed by atoms with Gasteiger partial charge in [0.05, 0.1) is 24.8 Å². The molecule has 1 aliphatic carbocycles. The van der Waals surface area contributed by atoms with Crippen molar-refractivity contribution in [3.05, 3.63) is 64.2 Å². The Kier molecular flexibility index (Phi) is 7.54. The highest BCUT2D eigenvalue weighted by atomic mass is 19.4. The Hall–Kier alpha value is -2.75. The highest BCUT2D eigenvalue weighted by Gasteiger charge is 2.42. The van der Waals surface area contributed by atoms with E-state index in [1.807, 2.05) is 0 Å². The van der Waals surface area contributed by atoms with Gasteiger partial charge in [-0.25, -0.2) is 13.6 Å². The van der Waals surface area contributed by atoms with Crippen LogP contribution in [0, 0.1) is 17.6 Å². The predicted octanol–water partition coefficient (Wildman–Crippen LogP) is 6.50. The molecule has 10 heteroatoms. The number of halogens is 6. The summed E-state index contributed by atoms with van der Waals surface area (Å²) in [5.41, 5.74) is 0.330. The second-order valence-corrected chi connectivity index (χ2v) is 9.83. The summed E-state index contributed by atoms with van der Waals surface area (Å²) in [4.78, 5) is 12.4. The number of hydrogen-bond donors (Lipinski definition) is 2. The Balaban J connectivity index is 1.67. The van der Waals surface area contributed by atoms with E-state index in [9.17, 15) is 27.5 Å². The third-order valence-corrected chi connectivity index (χ3v) is 7.16. The maximum atomic E-state index is 15.4. The molecular formula is C26H28F6N2O2. The second-order valence-electron chi connectivity index (χ2n) is 9.83. The molecule has 0 bridgehead atoms. The Morgan fingerprint density at radius 3 is 2.39 bits per heavy atom. The van der Waals surface area contributed by atoms with Gasteiger partial charge in [-0.3, -0.25) is 9.29 Å². The summed E-state index contributed by atoms with van der Waals surface area (Å²) in [7, 11) is 0. The first-order chi connectivity index (χ1) is 17.0. The molecule has 0 unspecified atom stereocenters. The lowest BCUT2D eigenvalue weighted by molar-refractivity contribution is -0.155. The van der Waals surface area contributed by atoms with Gasteiger partial charge in [0.25, 0.3) is 0 Å². The lowest BCUT2D eigenvalue weighted by Gasteiger charge is -2.42. The summed E-state index contributed by atoms with van der Waals surface area (Å²) in [5, 5.41) is 12.4. The number of fused-ring (bicyclic) bond motifs is 1. The number of carboxylic acid groups (broad SMARTS) is 1. The van der Waals surface area contributed by atoms with Crippen LogP contribution in [0.2, 0.25) is 0 Å². The van der Waals surface area contributed by atoms with E-state index in [1.165, 1.54) is 25.1 Å². The number of benzene rings is 2. The molecule has 1 aliphatic heterocycles. The van der Waals surface area contributed by atoms with Crippen LogP contribution in [0.1, 0.15) is 65.7 Å². The van der Waals surface area contributed by atoms with Crippen molar-refractivity contribution in [2.24, 2.45) is 5.92 Å². The molecule has 0 spiro atoms. The van der Waals surface area contributed by atoms with Gasteiger partial charge in [-0.1, -0.05) is 6.07 Å². The third-order valence-electron chi connectivity index (χ3n) is 7.16. The number of nitrogens with zero attached hydrogens (tertiary/aromatic N) is 1. The molecule has 2 N–H and O–H groups in total. The molecule has 0 radical (unpaired) electrons. The summed E-state index contributed by atoms with van der Waals surface area (Å²) in [6.45, 7) is -0.227. The van der Waals surface area contributed by atoms with Gasteiger partial charge in [-0.05, 0) is 80.3 Å². The largest absolute Gasteiger partial charge is 0.478 e. The molecule has 0 saturated heterocycles. The van der Waals surface area contributed by atoms with Gasteiger partial charge in [0.2, 0.25) is 0 Å². The zero-order chi connectivity index (χ0) is 26.2. The number of alkyl halides is 4. The Bertz CT molecular complexity index is 1090. The zero-order valence-corrected chi connectivity index (χ0v) is 19.7. The van der Waals surface area contributed by atoms with Crippen molar-refractivity contribution in [1.82, 2.24) is 4.90 Å². The second kappa shape index (κ2) is 10.3. The standard InChI is InChI=1S/C26H28F6N2O2/c1-14-7-17-10-16(25(35)36)4-5-20(17)24(34(14)13-26(30,31)32)23-21(28)11-19(12-22(23)29)33-18-8-15(9-18)3-2-6-27/h4-5,10-12,14-15,18,24,33H,2-3,6-9,13H2,1H3,(H,35,36)/t14-,15?,18?,24+/m1/s1. The molecule has 2 aliphatic rings. The van der Waals surface area contributed by atoms with E-state index in [-0.39, 0.29) is 36.0 Å². The minimum absolute atomic E-state index is 0.00847. The molecule has 2 aromatic rings. The van der Waals surface area contributed by atoms with E-state index in [0.717, 1.165) is 36.3 Å². The van der Waals surface area contributed by atoms with Gasteiger partial charge in [0, 0.05) is 23.3 Å². The minimum Gasteiger partial charge on any atom is -0.478 e. The van der Waals surface area contributed by atoms with Gasteiger partial charge in [0.1, 0.15) is 11.6 Å². The number of nitrogens with one attached hydrogen (secondary N) is 1. The first-order valence-electron chi connectivity index (χ1n) is 12.0. The van der Waals surface area contributed by atoms with Crippen LogP contribution >= 0.6 is 0 Å². The fourth-order valence-corrected chi connectivity index (χ4v) is 5.45. The van der Waals surface area contributed by atoms with Crippen LogP contribution in [0.3, 0.4) is 0 Å². The molecule has 196 valence electrons. The minimum atomic E-state index is -4.61. The van der Waals surface area contributed by atoms with Crippen molar-refractivity contribution in [2.45, 2.75) is 63.3 Å². The van der Waals surface area contributed by atoms with Gasteiger partial charge in [0.15, 0.2) is 0 Å². The number of hydrogen-bond acceptors (Lipinski definition) is 3. The van der Waals surface area contributed by atoms with Crippen LogP contribution in [0.5, 0.6) is 0 Å². The molecule has 4 nitrogen and oxygen atoms in total. The van der Waals surface area contributed by atoms with Crippen LogP contribution in [-0.2, 0) is 6.42 Å². The van der Waals surface area contributed by atoms with Crippen LogP contribution in [0.25, 0.3) is 0 Å². The Labute approximate surface area is 205 Å². The first-order valence-corrected chi connectivity index (χ1v) is 12.0. The van der Waals surface area contributed by atoms with Crippen molar-refractivity contribution in [2.75, 3.05) is 18.5 Å². The smallest absolute Gasteiger partial charge is 0.401 e. The SMILES string of the molecule is C[C@@H]1Cc2cc(C(=O)O)ccc2[C@@H](c2c(F)cc(NC3CC(CCCF)C3)cc2F)N1CC(F)(F)F. The van der Waals surface area contributed by atoms with Gasteiger partial charge in [-0.15, -0.1) is 0 Å². The first kappa shape index (κ1) is 26.3. The van der Waals surface area contributed by atoms with Crippen molar-refractivity contribution >= 4 is 11.7 Å². The molecule has 1 fully saturated rings. The van der Waals surface area contributed by atoms with E-state index in [1.54, 1.807) is 0 Å². The maximum Gasteiger partial charge on any atom is 0.401 e. The quantitative estimate of drug-likeness (QED) is 0.395. The topological polar surface area (TPSA) is 52.6 Å². The molecule has 2 atom stereocenters. The van der Waals surface area contributed by atoms with E-state index in [0.29, 0.717) is 17.9 Å². The van der Waals surface area contributed by atoms with E-state index in [2.05, 4.69) is 5.32 Å². The van der Waals surface area contributed by atoms with Gasteiger partial charge >= 0.3 is 12.1 Å².